The Morgan fingerprint density at radius 3 is 2.74 bits per heavy atom. The first-order valence-corrected chi connectivity index (χ1v) is 7.54. The van der Waals surface area contributed by atoms with Crippen LogP contribution in [-0.2, 0) is 17.5 Å². The first-order chi connectivity index (χ1) is 10.7. The van der Waals surface area contributed by atoms with E-state index in [9.17, 15) is 23.1 Å². The number of piperidine rings is 1. The Labute approximate surface area is 133 Å². The number of aliphatic hydroxyl groups is 1. The Hall–Kier alpha value is -1.60. The van der Waals surface area contributed by atoms with Crippen LogP contribution in [-0.4, -0.2) is 41.7 Å². The van der Waals surface area contributed by atoms with E-state index in [1.165, 1.54) is 19.2 Å². The third-order valence-corrected chi connectivity index (χ3v) is 4.12. The van der Waals surface area contributed by atoms with E-state index in [1.54, 1.807) is 11.0 Å². The van der Waals surface area contributed by atoms with E-state index in [0.717, 1.165) is 6.07 Å². The van der Waals surface area contributed by atoms with Crippen molar-refractivity contribution < 1.29 is 23.1 Å². The standard InChI is InChI=1S/C16H21F3N2O2/c1-20-14(22)9-15(23)7-4-8-21(11-15)10-12-5-2-3-6-13(12)16(17,18)19/h2-3,5-6,23H,4,7-11H2,1H3,(H,20,22). The lowest BCUT2D eigenvalue weighted by atomic mass is 9.89. The number of hydrogen-bond acceptors (Lipinski definition) is 3. The summed E-state index contributed by atoms with van der Waals surface area (Å²) < 4.78 is 39.2. The molecule has 7 heteroatoms. The van der Waals surface area contributed by atoms with Crippen LogP contribution >= 0.6 is 0 Å². The quantitative estimate of drug-likeness (QED) is 0.890. The molecule has 2 rings (SSSR count). The number of halogens is 3. The van der Waals surface area contributed by atoms with Crippen LogP contribution in [0.25, 0.3) is 0 Å². The van der Waals surface area contributed by atoms with Gasteiger partial charge in [0.15, 0.2) is 0 Å². The predicted octanol–water partition coefficient (Wildman–Crippen LogP) is 2.17. The van der Waals surface area contributed by atoms with Gasteiger partial charge in [0.1, 0.15) is 0 Å². The van der Waals surface area contributed by atoms with Crippen molar-refractivity contribution in [3.63, 3.8) is 0 Å². The van der Waals surface area contributed by atoms with Crippen LogP contribution in [0.1, 0.15) is 30.4 Å². The van der Waals surface area contributed by atoms with Crippen LogP contribution in [0, 0.1) is 0 Å². The summed E-state index contributed by atoms with van der Waals surface area (Å²) in [4.78, 5) is 13.3. The SMILES string of the molecule is CNC(=O)CC1(O)CCCN(Cc2ccccc2C(F)(F)F)C1. The molecule has 23 heavy (non-hydrogen) atoms. The Bertz CT molecular complexity index is 563. The maximum Gasteiger partial charge on any atom is 0.416 e. The average molecular weight is 330 g/mol. The van der Waals surface area contributed by atoms with Crippen molar-refractivity contribution >= 4 is 5.91 Å². The number of likely N-dealkylation sites (tertiary alicyclic amines) is 1. The van der Waals surface area contributed by atoms with E-state index >= 15 is 0 Å². The molecule has 0 bridgehead atoms. The van der Waals surface area contributed by atoms with E-state index in [0.29, 0.717) is 19.4 Å². The predicted molar refractivity (Wildman–Crippen MR) is 79.6 cm³/mol. The molecule has 0 aliphatic carbocycles. The molecule has 4 nitrogen and oxygen atoms in total. The number of carbonyl (C=O) groups excluding carboxylic acids is 1. The molecule has 1 aliphatic rings. The third kappa shape index (κ3) is 4.68. The summed E-state index contributed by atoms with van der Waals surface area (Å²) in [6, 6.07) is 5.46. The molecule has 1 amide bonds. The summed E-state index contributed by atoms with van der Waals surface area (Å²) in [5, 5.41) is 13.0. The highest BCUT2D eigenvalue weighted by Gasteiger charge is 2.37. The normalized spacial score (nSPS) is 22.8. The van der Waals surface area contributed by atoms with Gasteiger partial charge >= 0.3 is 6.18 Å². The average Bonchev–Trinajstić information content (AvgIpc) is 2.46. The van der Waals surface area contributed by atoms with Crippen LogP contribution in [0.15, 0.2) is 24.3 Å². The number of hydrogen-bond donors (Lipinski definition) is 2. The highest BCUT2D eigenvalue weighted by Crippen LogP contribution is 2.33. The van der Waals surface area contributed by atoms with Gasteiger partial charge in [-0.2, -0.15) is 13.2 Å². The molecule has 1 aliphatic heterocycles. The number of amides is 1. The zero-order valence-electron chi connectivity index (χ0n) is 13.0. The molecular weight excluding hydrogens is 309 g/mol. The third-order valence-electron chi connectivity index (χ3n) is 4.12. The highest BCUT2D eigenvalue weighted by atomic mass is 19.4. The Balaban J connectivity index is 2.11. The number of benzene rings is 1. The van der Waals surface area contributed by atoms with Gasteiger partial charge in [-0.05, 0) is 31.0 Å². The second-order valence-corrected chi connectivity index (χ2v) is 6.04. The zero-order valence-corrected chi connectivity index (χ0v) is 13.0. The lowest BCUT2D eigenvalue weighted by Crippen LogP contribution is -2.50. The molecule has 1 fully saturated rings. The van der Waals surface area contributed by atoms with Crippen molar-refractivity contribution in [3.05, 3.63) is 35.4 Å². The van der Waals surface area contributed by atoms with Crippen molar-refractivity contribution in [2.45, 2.75) is 37.6 Å². The van der Waals surface area contributed by atoms with Crippen LogP contribution in [0.3, 0.4) is 0 Å². The van der Waals surface area contributed by atoms with Crippen LogP contribution in [0.4, 0.5) is 13.2 Å². The monoisotopic (exact) mass is 330 g/mol. The topological polar surface area (TPSA) is 52.6 Å². The summed E-state index contributed by atoms with van der Waals surface area (Å²) in [7, 11) is 1.49. The smallest absolute Gasteiger partial charge is 0.388 e. The largest absolute Gasteiger partial charge is 0.416 e. The first kappa shape index (κ1) is 17.7. The fourth-order valence-corrected chi connectivity index (χ4v) is 3.05. The number of nitrogens with one attached hydrogen (secondary N) is 1. The summed E-state index contributed by atoms with van der Waals surface area (Å²) in [5.74, 6) is -0.273. The van der Waals surface area contributed by atoms with E-state index in [-0.39, 0.29) is 31.0 Å². The molecule has 0 spiro atoms. The van der Waals surface area contributed by atoms with Crippen molar-refractivity contribution in [2.75, 3.05) is 20.1 Å². The van der Waals surface area contributed by atoms with Crippen LogP contribution < -0.4 is 5.32 Å². The summed E-state index contributed by atoms with van der Waals surface area (Å²) in [5.41, 5.74) is -1.66. The zero-order chi connectivity index (χ0) is 17.1. The van der Waals surface area contributed by atoms with Gasteiger partial charge in [-0.15, -0.1) is 0 Å². The summed E-state index contributed by atoms with van der Waals surface area (Å²) >= 11 is 0. The lowest BCUT2D eigenvalue weighted by Gasteiger charge is -2.39. The molecule has 1 atom stereocenters. The van der Waals surface area contributed by atoms with Crippen molar-refractivity contribution in [3.8, 4) is 0 Å². The van der Waals surface area contributed by atoms with Crippen molar-refractivity contribution in [2.24, 2.45) is 0 Å². The Morgan fingerprint density at radius 2 is 2.09 bits per heavy atom. The van der Waals surface area contributed by atoms with Gasteiger partial charge in [0.25, 0.3) is 0 Å². The van der Waals surface area contributed by atoms with Crippen LogP contribution in [0.5, 0.6) is 0 Å². The molecule has 0 radical (unpaired) electrons. The van der Waals surface area contributed by atoms with E-state index in [2.05, 4.69) is 5.32 Å². The van der Waals surface area contributed by atoms with Gasteiger partial charge in [0.2, 0.25) is 5.91 Å². The number of alkyl halides is 3. The number of β-amino-alcohol motifs (C(OH)–C–C–N with tert-alkyl or cyclic N) is 1. The second-order valence-electron chi connectivity index (χ2n) is 6.04. The summed E-state index contributed by atoms with van der Waals surface area (Å²) in [6.07, 6.45) is -3.33. The molecular formula is C16H21F3N2O2. The first-order valence-electron chi connectivity index (χ1n) is 7.54. The number of carbonyl (C=O) groups is 1. The van der Waals surface area contributed by atoms with Gasteiger partial charge in [0, 0.05) is 20.1 Å². The maximum atomic E-state index is 13.1. The number of nitrogens with zero attached hydrogens (tertiary/aromatic N) is 1. The molecule has 0 saturated carbocycles. The lowest BCUT2D eigenvalue weighted by molar-refractivity contribution is -0.138. The minimum atomic E-state index is -4.40. The van der Waals surface area contributed by atoms with Crippen LogP contribution in [0.2, 0.25) is 0 Å². The van der Waals surface area contributed by atoms with Gasteiger partial charge < -0.3 is 10.4 Å². The maximum absolute atomic E-state index is 13.1. The van der Waals surface area contributed by atoms with E-state index in [1.807, 2.05) is 0 Å². The van der Waals surface area contributed by atoms with Gasteiger partial charge in [-0.1, -0.05) is 18.2 Å². The Kier molecular flexibility index (Phi) is 5.31. The minimum absolute atomic E-state index is 0.0408. The molecule has 1 unspecified atom stereocenters. The molecule has 1 aromatic carbocycles. The molecule has 1 aromatic rings. The summed E-state index contributed by atoms with van der Waals surface area (Å²) in [6.45, 7) is 0.889. The van der Waals surface area contributed by atoms with Gasteiger partial charge in [0.05, 0.1) is 17.6 Å². The molecule has 0 aromatic heterocycles. The minimum Gasteiger partial charge on any atom is -0.388 e. The van der Waals surface area contributed by atoms with Crippen molar-refractivity contribution in [1.82, 2.24) is 10.2 Å². The van der Waals surface area contributed by atoms with E-state index < -0.39 is 17.3 Å². The fourth-order valence-electron chi connectivity index (χ4n) is 3.05. The second kappa shape index (κ2) is 6.88. The highest BCUT2D eigenvalue weighted by molar-refractivity contribution is 5.76. The molecule has 1 heterocycles. The van der Waals surface area contributed by atoms with Gasteiger partial charge in [-0.25, -0.2) is 0 Å². The molecule has 1 saturated heterocycles. The molecule has 2 N–H and O–H groups in total. The Morgan fingerprint density at radius 1 is 1.39 bits per heavy atom. The van der Waals surface area contributed by atoms with Crippen molar-refractivity contribution in [1.29, 1.82) is 0 Å². The molecule has 128 valence electrons. The fraction of sp³-hybridized carbons (Fsp3) is 0.562. The van der Waals surface area contributed by atoms with E-state index in [4.69, 9.17) is 0 Å². The number of rotatable bonds is 4. The van der Waals surface area contributed by atoms with Gasteiger partial charge in [-0.3, -0.25) is 9.69 Å².